The Morgan fingerprint density at radius 2 is 2.00 bits per heavy atom. The normalized spacial score (nSPS) is 11.6. The number of hydrogen-bond donors (Lipinski definition) is 1. The summed E-state index contributed by atoms with van der Waals surface area (Å²) >= 11 is 0. The Balaban J connectivity index is 2.93. The van der Waals surface area contributed by atoms with Crippen LogP contribution in [0.1, 0.15) is 45.1 Å². The van der Waals surface area contributed by atoms with Crippen LogP contribution < -0.4 is 5.73 Å². The number of hydrogen-bond acceptors (Lipinski definition) is 2. The zero-order valence-corrected chi connectivity index (χ0v) is 9.62. The maximum Gasteiger partial charge on any atom is 0.0763 e. The minimum atomic E-state index is 0.420. The number of nitrogens with zero attached hydrogens (tertiary/aromatic N) is 2. The van der Waals surface area contributed by atoms with E-state index in [1.54, 1.807) is 0 Å². The third-order valence-corrected chi connectivity index (χ3v) is 2.18. The van der Waals surface area contributed by atoms with Crippen LogP contribution in [0.15, 0.2) is 6.07 Å². The van der Waals surface area contributed by atoms with E-state index < -0.39 is 0 Å². The molecule has 0 atom stereocenters. The summed E-state index contributed by atoms with van der Waals surface area (Å²) in [7, 11) is 0. The molecule has 0 aromatic carbocycles. The second-order valence-electron chi connectivity index (χ2n) is 4.47. The average Bonchev–Trinajstić information content (AvgIpc) is 2.46. The molecular formula is C11H21N3. The van der Waals surface area contributed by atoms with Gasteiger partial charge in [0.05, 0.1) is 5.69 Å². The molecule has 3 heteroatoms. The van der Waals surface area contributed by atoms with Gasteiger partial charge in [-0.3, -0.25) is 4.68 Å². The van der Waals surface area contributed by atoms with Gasteiger partial charge in [0, 0.05) is 18.3 Å². The maximum atomic E-state index is 5.59. The van der Waals surface area contributed by atoms with Gasteiger partial charge in [0.15, 0.2) is 0 Å². The van der Waals surface area contributed by atoms with E-state index in [4.69, 9.17) is 5.73 Å². The van der Waals surface area contributed by atoms with Gasteiger partial charge in [-0.1, -0.05) is 13.8 Å². The van der Waals surface area contributed by atoms with E-state index in [0.717, 1.165) is 12.1 Å². The molecule has 1 aromatic heterocycles. The lowest BCUT2D eigenvalue weighted by molar-refractivity contribution is 0.485. The van der Waals surface area contributed by atoms with Gasteiger partial charge in [0.1, 0.15) is 0 Å². The molecule has 0 spiro atoms. The summed E-state index contributed by atoms with van der Waals surface area (Å²) in [5.74, 6) is 0.662. The van der Waals surface area contributed by atoms with Crippen molar-refractivity contribution in [3.63, 3.8) is 0 Å². The van der Waals surface area contributed by atoms with E-state index in [2.05, 4.69) is 43.5 Å². The van der Waals surface area contributed by atoms with Crippen LogP contribution in [0.25, 0.3) is 0 Å². The predicted molar refractivity (Wildman–Crippen MR) is 59.0 cm³/mol. The molecule has 0 aliphatic rings. The van der Waals surface area contributed by atoms with Gasteiger partial charge in [-0.25, -0.2) is 0 Å². The maximum absolute atomic E-state index is 5.59. The lowest BCUT2D eigenvalue weighted by Gasteiger charge is -2.12. The lowest BCUT2D eigenvalue weighted by atomic mass is 10.1. The summed E-state index contributed by atoms with van der Waals surface area (Å²) in [5, 5.41) is 4.47. The SMILES string of the molecule is CC(C)Cc1cc(CN)nn1C(C)C. The van der Waals surface area contributed by atoms with Crippen molar-refractivity contribution in [1.82, 2.24) is 9.78 Å². The molecule has 80 valence electrons. The molecule has 1 aromatic rings. The van der Waals surface area contributed by atoms with Crippen LogP contribution in [0.2, 0.25) is 0 Å². The van der Waals surface area contributed by atoms with Gasteiger partial charge >= 0.3 is 0 Å². The molecule has 0 saturated heterocycles. The first-order chi connectivity index (χ1) is 6.54. The fourth-order valence-corrected chi connectivity index (χ4v) is 1.61. The Morgan fingerprint density at radius 3 is 2.43 bits per heavy atom. The van der Waals surface area contributed by atoms with Crippen molar-refractivity contribution in [2.24, 2.45) is 11.7 Å². The summed E-state index contributed by atoms with van der Waals surface area (Å²) in [5.41, 5.74) is 7.88. The van der Waals surface area contributed by atoms with Crippen LogP contribution in [0.4, 0.5) is 0 Å². The number of aromatic nitrogens is 2. The molecule has 0 bridgehead atoms. The van der Waals surface area contributed by atoms with Crippen molar-refractivity contribution < 1.29 is 0 Å². The highest BCUT2D eigenvalue weighted by Gasteiger charge is 2.10. The van der Waals surface area contributed by atoms with Gasteiger partial charge in [0.2, 0.25) is 0 Å². The van der Waals surface area contributed by atoms with E-state index in [1.807, 2.05) is 0 Å². The molecule has 0 saturated carbocycles. The molecule has 14 heavy (non-hydrogen) atoms. The highest BCUT2D eigenvalue weighted by Crippen LogP contribution is 2.14. The predicted octanol–water partition coefficient (Wildman–Crippen LogP) is 2.12. The van der Waals surface area contributed by atoms with Gasteiger partial charge in [0.25, 0.3) is 0 Å². The fourth-order valence-electron chi connectivity index (χ4n) is 1.61. The number of rotatable bonds is 4. The van der Waals surface area contributed by atoms with E-state index in [0.29, 0.717) is 18.5 Å². The van der Waals surface area contributed by atoms with Crippen molar-refractivity contribution in [3.05, 3.63) is 17.5 Å². The summed E-state index contributed by atoms with van der Waals surface area (Å²) in [6, 6.07) is 2.55. The minimum Gasteiger partial charge on any atom is -0.325 e. The van der Waals surface area contributed by atoms with E-state index >= 15 is 0 Å². The molecule has 3 nitrogen and oxygen atoms in total. The Labute approximate surface area is 86.3 Å². The van der Waals surface area contributed by atoms with Crippen molar-refractivity contribution in [2.45, 2.75) is 46.7 Å². The first kappa shape index (κ1) is 11.2. The third-order valence-electron chi connectivity index (χ3n) is 2.18. The quantitative estimate of drug-likeness (QED) is 0.799. The Hall–Kier alpha value is -0.830. The van der Waals surface area contributed by atoms with Crippen LogP contribution in [-0.4, -0.2) is 9.78 Å². The first-order valence-electron chi connectivity index (χ1n) is 5.32. The van der Waals surface area contributed by atoms with E-state index in [9.17, 15) is 0 Å². The molecule has 1 heterocycles. The molecule has 1 rings (SSSR count). The van der Waals surface area contributed by atoms with Crippen molar-refractivity contribution >= 4 is 0 Å². The number of nitrogens with two attached hydrogens (primary N) is 1. The van der Waals surface area contributed by atoms with Gasteiger partial charge in [-0.2, -0.15) is 5.10 Å². The Morgan fingerprint density at radius 1 is 1.36 bits per heavy atom. The summed E-state index contributed by atoms with van der Waals surface area (Å²) in [6.07, 6.45) is 1.07. The topological polar surface area (TPSA) is 43.8 Å². The largest absolute Gasteiger partial charge is 0.325 e. The first-order valence-corrected chi connectivity index (χ1v) is 5.32. The van der Waals surface area contributed by atoms with Crippen LogP contribution in [0, 0.1) is 5.92 Å². The zero-order chi connectivity index (χ0) is 10.7. The summed E-state index contributed by atoms with van der Waals surface area (Å²) in [6.45, 7) is 9.28. The van der Waals surface area contributed by atoms with Crippen LogP contribution in [-0.2, 0) is 13.0 Å². The highest BCUT2D eigenvalue weighted by molar-refractivity contribution is 5.11. The van der Waals surface area contributed by atoms with Gasteiger partial charge in [-0.15, -0.1) is 0 Å². The second kappa shape index (κ2) is 4.60. The standard InChI is InChI=1S/C11H21N3/c1-8(2)5-11-6-10(7-12)13-14(11)9(3)4/h6,8-9H,5,7,12H2,1-4H3. The minimum absolute atomic E-state index is 0.420. The molecule has 0 amide bonds. The van der Waals surface area contributed by atoms with Crippen LogP contribution in [0.3, 0.4) is 0 Å². The van der Waals surface area contributed by atoms with E-state index in [-0.39, 0.29) is 0 Å². The van der Waals surface area contributed by atoms with E-state index in [1.165, 1.54) is 5.69 Å². The van der Waals surface area contributed by atoms with Crippen LogP contribution in [0.5, 0.6) is 0 Å². The third kappa shape index (κ3) is 2.58. The molecular weight excluding hydrogens is 174 g/mol. The van der Waals surface area contributed by atoms with Gasteiger partial charge in [-0.05, 0) is 32.3 Å². The zero-order valence-electron chi connectivity index (χ0n) is 9.62. The molecule has 0 unspecified atom stereocenters. The highest BCUT2D eigenvalue weighted by atomic mass is 15.3. The van der Waals surface area contributed by atoms with Crippen LogP contribution >= 0.6 is 0 Å². The van der Waals surface area contributed by atoms with Crippen molar-refractivity contribution in [1.29, 1.82) is 0 Å². The smallest absolute Gasteiger partial charge is 0.0763 e. The molecule has 0 radical (unpaired) electrons. The van der Waals surface area contributed by atoms with Crippen molar-refractivity contribution in [3.8, 4) is 0 Å². The summed E-state index contributed by atoms with van der Waals surface area (Å²) in [4.78, 5) is 0. The summed E-state index contributed by atoms with van der Waals surface area (Å²) < 4.78 is 2.09. The Bertz CT molecular complexity index is 287. The second-order valence-corrected chi connectivity index (χ2v) is 4.47. The average molecular weight is 195 g/mol. The lowest BCUT2D eigenvalue weighted by Crippen LogP contribution is -2.10. The molecule has 0 fully saturated rings. The molecule has 2 N–H and O–H groups in total. The molecule has 0 aliphatic carbocycles. The van der Waals surface area contributed by atoms with Crippen molar-refractivity contribution in [2.75, 3.05) is 0 Å². The monoisotopic (exact) mass is 195 g/mol. The Kier molecular flexibility index (Phi) is 3.69. The van der Waals surface area contributed by atoms with Gasteiger partial charge < -0.3 is 5.73 Å². The molecule has 0 aliphatic heterocycles. The fraction of sp³-hybridized carbons (Fsp3) is 0.727.